The Hall–Kier alpha value is -1.43. The van der Waals surface area contributed by atoms with E-state index in [2.05, 4.69) is 21.2 Å². The highest BCUT2D eigenvalue weighted by Gasteiger charge is 2.13. The lowest BCUT2D eigenvalue weighted by Gasteiger charge is -2.04. The zero-order chi connectivity index (χ0) is 12.1. The van der Waals surface area contributed by atoms with E-state index in [0.29, 0.717) is 16.6 Å². The van der Waals surface area contributed by atoms with Gasteiger partial charge in [-0.2, -0.15) is 0 Å². The molecule has 0 spiro atoms. The fourth-order valence-corrected chi connectivity index (χ4v) is 1.57. The van der Waals surface area contributed by atoms with Crippen LogP contribution in [0.25, 0.3) is 0 Å². The van der Waals surface area contributed by atoms with Gasteiger partial charge < -0.3 is 5.32 Å². The van der Waals surface area contributed by atoms with E-state index in [9.17, 15) is 14.9 Å². The summed E-state index contributed by atoms with van der Waals surface area (Å²) in [5.74, 6) is -0.140. The van der Waals surface area contributed by atoms with Gasteiger partial charge in [-0.15, -0.1) is 0 Å². The highest BCUT2D eigenvalue weighted by molar-refractivity contribution is 9.10. The third-order valence-corrected chi connectivity index (χ3v) is 2.57. The van der Waals surface area contributed by atoms with E-state index in [4.69, 9.17) is 0 Å². The fourth-order valence-electron chi connectivity index (χ4n) is 1.18. The molecule has 0 heterocycles. The zero-order valence-corrected chi connectivity index (χ0v) is 10.3. The number of anilines is 1. The first-order valence-corrected chi connectivity index (χ1v) is 5.57. The number of halogens is 1. The van der Waals surface area contributed by atoms with Gasteiger partial charge in [0.15, 0.2) is 0 Å². The van der Waals surface area contributed by atoms with E-state index in [-0.39, 0.29) is 11.6 Å². The van der Waals surface area contributed by atoms with Crippen LogP contribution in [0.1, 0.15) is 19.8 Å². The average molecular weight is 287 g/mol. The first-order chi connectivity index (χ1) is 7.54. The van der Waals surface area contributed by atoms with Gasteiger partial charge in [-0.1, -0.05) is 6.92 Å². The first-order valence-electron chi connectivity index (χ1n) is 4.78. The number of nitro groups is 1. The number of carbonyl (C=O) groups is 1. The quantitative estimate of drug-likeness (QED) is 0.683. The Balaban J connectivity index is 2.87. The molecule has 86 valence electrons. The van der Waals surface area contributed by atoms with Gasteiger partial charge in [-0.25, -0.2) is 0 Å². The number of nitrogens with zero attached hydrogens (tertiary/aromatic N) is 1. The smallest absolute Gasteiger partial charge is 0.285 e. The van der Waals surface area contributed by atoms with Crippen molar-refractivity contribution >= 4 is 33.2 Å². The average Bonchev–Trinajstić information content (AvgIpc) is 2.21. The van der Waals surface area contributed by atoms with Crippen LogP contribution in [0.5, 0.6) is 0 Å². The normalized spacial score (nSPS) is 9.88. The van der Waals surface area contributed by atoms with E-state index in [1.165, 1.54) is 6.07 Å². The molecule has 6 heteroatoms. The third-order valence-electron chi connectivity index (χ3n) is 1.90. The second kappa shape index (κ2) is 5.60. The molecule has 0 aromatic heterocycles. The highest BCUT2D eigenvalue weighted by Crippen LogP contribution is 2.27. The van der Waals surface area contributed by atoms with Crippen molar-refractivity contribution in [1.82, 2.24) is 0 Å². The van der Waals surface area contributed by atoms with Crippen molar-refractivity contribution in [2.75, 3.05) is 5.32 Å². The number of amides is 1. The van der Waals surface area contributed by atoms with Crippen LogP contribution >= 0.6 is 15.9 Å². The molecule has 5 nitrogen and oxygen atoms in total. The summed E-state index contributed by atoms with van der Waals surface area (Å²) < 4.78 is 0.394. The minimum absolute atomic E-state index is 0.0608. The Morgan fingerprint density at radius 3 is 2.81 bits per heavy atom. The lowest BCUT2D eigenvalue weighted by molar-refractivity contribution is -0.385. The van der Waals surface area contributed by atoms with E-state index in [1.807, 2.05) is 6.92 Å². The molecule has 1 N–H and O–H groups in total. The summed E-state index contributed by atoms with van der Waals surface area (Å²) in [6, 6.07) is 4.49. The van der Waals surface area contributed by atoms with Gasteiger partial charge in [0.05, 0.1) is 9.40 Å². The molecule has 1 amide bonds. The zero-order valence-electron chi connectivity index (χ0n) is 8.70. The monoisotopic (exact) mass is 286 g/mol. The Kier molecular flexibility index (Phi) is 4.42. The molecule has 0 atom stereocenters. The Bertz CT molecular complexity index is 421. The van der Waals surface area contributed by atoms with Crippen LogP contribution in [0.2, 0.25) is 0 Å². The maximum absolute atomic E-state index is 11.3. The minimum Gasteiger partial charge on any atom is -0.326 e. The van der Waals surface area contributed by atoms with Crippen LogP contribution in [0, 0.1) is 10.1 Å². The van der Waals surface area contributed by atoms with Crippen molar-refractivity contribution in [1.29, 1.82) is 0 Å². The fraction of sp³-hybridized carbons (Fsp3) is 0.300. The van der Waals surface area contributed by atoms with Crippen LogP contribution < -0.4 is 5.32 Å². The predicted molar refractivity (Wildman–Crippen MR) is 64.3 cm³/mol. The van der Waals surface area contributed by atoms with E-state index in [1.54, 1.807) is 12.1 Å². The van der Waals surface area contributed by atoms with E-state index in [0.717, 1.165) is 6.42 Å². The second-order valence-electron chi connectivity index (χ2n) is 3.22. The Morgan fingerprint density at radius 2 is 2.25 bits per heavy atom. The summed E-state index contributed by atoms with van der Waals surface area (Å²) in [5.41, 5.74) is 0.377. The third kappa shape index (κ3) is 3.30. The van der Waals surface area contributed by atoms with Crippen molar-refractivity contribution in [2.24, 2.45) is 0 Å². The van der Waals surface area contributed by atoms with Gasteiger partial charge in [0, 0.05) is 18.2 Å². The molecule has 16 heavy (non-hydrogen) atoms. The predicted octanol–water partition coefficient (Wildman–Crippen LogP) is 3.10. The number of nitro benzene ring substituents is 1. The number of hydrogen-bond donors (Lipinski definition) is 1. The van der Waals surface area contributed by atoms with Gasteiger partial charge in [0.2, 0.25) is 5.91 Å². The second-order valence-corrected chi connectivity index (χ2v) is 4.08. The molecule has 0 bridgehead atoms. The first kappa shape index (κ1) is 12.6. The molecule has 0 saturated heterocycles. The number of hydrogen-bond acceptors (Lipinski definition) is 3. The van der Waals surface area contributed by atoms with E-state index < -0.39 is 4.92 Å². The maximum Gasteiger partial charge on any atom is 0.285 e. The van der Waals surface area contributed by atoms with Gasteiger partial charge in [0.25, 0.3) is 5.69 Å². The van der Waals surface area contributed by atoms with Crippen molar-refractivity contribution in [3.8, 4) is 0 Å². The number of nitrogens with one attached hydrogen (secondary N) is 1. The van der Waals surface area contributed by atoms with Crippen molar-refractivity contribution < 1.29 is 9.72 Å². The van der Waals surface area contributed by atoms with Crippen LogP contribution in [0.4, 0.5) is 11.4 Å². The Morgan fingerprint density at radius 1 is 1.56 bits per heavy atom. The molecule has 0 aliphatic carbocycles. The Labute approximate surface area is 101 Å². The van der Waals surface area contributed by atoms with Gasteiger partial charge in [0.1, 0.15) is 0 Å². The topological polar surface area (TPSA) is 72.2 Å². The van der Waals surface area contributed by atoms with Gasteiger partial charge in [-0.3, -0.25) is 14.9 Å². The molecule has 0 unspecified atom stereocenters. The number of benzene rings is 1. The number of carbonyl (C=O) groups excluding carboxylic acids is 1. The van der Waals surface area contributed by atoms with Gasteiger partial charge in [-0.05, 0) is 34.5 Å². The maximum atomic E-state index is 11.3. The molecule has 1 aromatic carbocycles. The summed E-state index contributed by atoms with van der Waals surface area (Å²) in [7, 11) is 0. The SMILES string of the molecule is CCCC(=O)Nc1ccc(Br)c([N+](=O)[O-])c1. The largest absolute Gasteiger partial charge is 0.326 e. The van der Waals surface area contributed by atoms with Crippen LogP contribution in [0.15, 0.2) is 22.7 Å². The molecule has 1 rings (SSSR count). The molecular weight excluding hydrogens is 276 g/mol. The molecule has 0 saturated carbocycles. The molecule has 0 aliphatic rings. The van der Waals surface area contributed by atoms with Crippen LogP contribution in [-0.2, 0) is 4.79 Å². The summed E-state index contributed by atoms with van der Waals surface area (Å²) in [5, 5.41) is 13.2. The summed E-state index contributed by atoms with van der Waals surface area (Å²) in [6.45, 7) is 1.89. The standard InChI is InChI=1S/C10H11BrN2O3/c1-2-3-10(14)12-7-4-5-8(11)9(6-7)13(15)16/h4-6H,2-3H2,1H3,(H,12,14). The van der Waals surface area contributed by atoms with Crippen molar-refractivity contribution in [2.45, 2.75) is 19.8 Å². The van der Waals surface area contributed by atoms with Crippen LogP contribution in [0.3, 0.4) is 0 Å². The molecule has 1 aromatic rings. The number of rotatable bonds is 4. The van der Waals surface area contributed by atoms with Crippen LogP contribution in [-0.4, -0.2) is 10.8 Å². The summed E-state index contributed by atoms with van der Waals surface area (Å²) >= 11 is 3.07. The van der Waals surface area contributed by atoms with Crippen molar-refractivity contribution in [3.63, 3.8) is 0 Å². The lowest BCUT2D eigenvalue weighted by atomic mass is 10.2. The van der Waals surface area contributed by atoms with E-state index >= 15 is 0 Å². The molecular formula is C10H11BrN2O3. The molecule has 0 aliphatic heterocycles. The molecule has 0 radical (unpaired) electrons. The lowest BCUT2D eigenvalue weighted by Crippen LogP contribution is -2.10. The van der Waals surface area contributed by atoms with Gasteiger partial charge >= 0.3 is 0 Å². The summed E-state index contributed by atoms with van der Waals surface area (Å²) in [4.78, 5) is 21.4. The molecule has 0 fully saturated rings. The highest BCUT2D eigenvalue weighted by atomic mass is 79.9. The van der Waals surface area contributed by atoms with Crippen molar-refractivity contribution in [3.05, 3.63) is 32.8 Å². The minimum atomic E-state index is -0.500. The summed E-state index contributed by atoms with van der Waals surface area (Å²) in [6.07, 6.45) is 1.15.